The quantitative estimate of drug-likeness (QED) is 0.0715. The van der Waals surface area contributed by atoms with Gasteiger partial charge in [0.2, 0.25) is 0 Å². The minimum atomic E-state index is -4.27. The van der Waals surface area contributed by atoms with Gasteiger partial charge in [0.15, 0.2) is 0 Å². The Morgan fingerprint density at radius 2 is 1.09 bits per heavy atom. The summed E-state index contributed by atoms with van der Waals surface area (Å²) in [5.41, 5.74) is 5.49. The number of nitrogens with one attached hydrogen (secondary N) is 3. The largest absolute Gasteiger partial charge is 0.469 e. The van der Waals surface area contributed by atoms with Crippen LogP contribution in [0.1, 0.15) is 135 Å². The van der Waals surface area contributed by atoms with Gasteiger partial charge in [0.05, 0.1) is 19.3 Å². The molecule has 4 fully saturated rings. The van der Waals surface area contributed by atoms with Crippen molar-refractivity contribution in [2.75, 3.05) is 65.6 Å². The van der Waals surface area contributed by atoms with E-state index in [4.69, 9.17) is 25.7 Å². The first-order chi connectivity index (χ1) is 25.1. The fraction of sp³-hybridized carbons (Fsp3) is 1.00. The van der Waals surface area contributed by atoms with Crippen LogP contribution in [0.2, 0.25) is 0 Å². The number of aliphatic hydroxyl groups is 2. The molecule has 0 amide bonds. The van der Waals surface area contributed by atoms with Crippen molar-refractivity contribution in [3.05, 3.63) is 0 Å². The second-order valence-electron chi connectivity index (χ2n) is 17.1. The molecular formula is C41H94FN6O6P. The highest BCUT2D eigenvalue weighted by molar-refractivity contribution is 7.46. The number of hydrogen-bond acceptors (Lipinski definition) is 10. The molecule has 0 aromatic carbocycles. The first-order valence-corrected chi connectivity index (χ1v) is 22.7. The minimum absolute atomic E-state index is 0. The van der Waals surface area contributed by atoms with Gasteiger partial charge in [-0.1, -0.05) is 108 Å². The van der Waals surface area contributed by atoms with E-state index in [0.29, 0.717) is 63.4 Å². The van der Waals surface area contributed by atoms with E-state index in [0.717, 1.165) is 36.8 Å². The Morgan fingerprint density at radius 3 is 1.35 bits per heavy atom. The molecule has 2 aliphatic carbocycles. The van der Waals surface area contributed by atoms with Crippen LogP contribution >= 0.6 is 7.82 Å². The van der Waals surface area contributed by atoms with Crippen LogP contribution in [0.25, 0.3) is 0 Å². The van der Waals surface area contributed by atoms with Gasteiger partial charge in [0.1, 0.15) is 6.17 Å². The normalized spacial score (nSPS) is 20.7. The number of nitrogens with two attached hydrogens (primary N) is 1. The Kier molecular flexibility index (Phi) is 37.1. The number of alkyl halides is 1. The maximum Gasteiger partial charge on any atom is 0.469 e. The van der Waals surface area contributed by atoms with Crippen molar-refractivity contribution in [2.24, 2.45) is 29.4 Å². The molecule has 0 spiro atoms. The predicted octanol–water partition coefficient (Wildman–Crippen LogP) is 6.02. The molecule has 4 rings (SSSR count). The van der Waals surface area contributed by atoms with Gasteiger partial charge < -0.3 is 41.7 Å². The molecule has 0 aromatic heterocycles. The molecule has 9 N–H and O–H groups in total. The number of phosphoric ester groups is 1. The maximum absolute atomic E-state index is 12.8. The highest BCUT2D eigenvalue weighted by atomic mass is 31.2. The van der Waals surface area contributed by atoms with Crippen molar-refractivity contribution in [3.8, 4) is 0 Å². The summed E-state index contributed by atoms with van der Waals surface area (Å²) < 4.78 is 27.6. The third-order valence-electron chi connectivity index (χ3n) is 10.2. The van der Waals surface area contributed by atoms with Crippen LogP contribution in [0, 0.1) is 23.7 Å². The molecule has 2 heterocycles. The van der Waals surface area contributed by atoms with Crippen LogP contribution in [0.3, 0.4) is 0 Å². The fourth-order valence-electron chi connectivity index (χ4n) is 6.13. The molecule has 2 saturated carbocycles. The van der Waals surface area contributed by atoms with Gasteiger partial charge in [-0.25, -0.2) is 8.96 Å². The third-order valence-corrected chi connectivity index (χ3v) is 10.8. The molecule has 2 atom stereocenters. The highest BCUT2D eigenvalue weighted by Crippen LogP contribution is 2.39. The van der Waals surface area contributed by atoms with E-state index in [1.807, 2.05) is 13.8 Å². The average molecular weight is 817 g/mol. The van der Waals surface area contributed by atoms with Crippen molar-refractivity contribution in [1.29, 1.82) is 0 Å². The number of likely N-dealkylation sites (tertiary alicyclic amines) is 2. The molecule has 2 unspecified atom stereocenters. The fourth-order valence-corrected chi connectivity index (χ4v) is 6.65. The zero-order chi connectivity index (χ0) is 41.9. The van der Waals surface area contributed by atoms with E-state index in [-0.39, 0.29) is 32.8 Å². The number of halogens is 1. The van der Waals surface area contributed by atoms with Crippen LogP contribution in [-0.4, -0.2) is 138 Å². The van der Waals surface area contributed by atoms with Crippen LogP contribution < -0.4 is 21.7 Å². The van der Waals surface area contributed by atoms with Crippen molar-refractivity contribution < 1.29 is 33.5 Å². The summed E-state index contributed by atoms with van der Waals surface area (Å²) in [5, 5.41) is 26.0. The Hall–Kier alpha value is -0.280. The summed E-state index contributed by atoms with van der Waals surface area (Å²) in [6, 6.07) is 1.62. The topological polar surface area (TPSA) is 176 Å². The Balaban J connectivity index is -0.000000594. The molecule has 0 radical (unpaired) electrons. The van der Waals surface area contributed by atoms with E-state index in [9.17, 15) is 8.96 Å². The lowest BCUT2D eigenvalue weighted by Gasteiger charge is -2.41. The Labute approximate surface area is 339 Å². The number of phosphoric acid groups is 1. The molecular weight excluding hydrogens is 722 g/mol. The van der Waals surface area contributed by atoms with E-state index in [2.05, 4.69) is 99.5 Å². The van der Waals surface area contributed by atoms with Gasteiger partial charge in [-0.3, -0.25) is 14.3 Å². The summed E-state index contributed by atoms with van der Waals surface area (Å²) in [6.07, 6.45) is 9.34. The van der Waals surface area contributed by atoms with Crippen LogP contribution in [-0.2, 0) is 9.09 Å². The number of aliphatic hydroxyl groups excluding tert-OH is 2. The minimum Gasteiger partial charge on any atom is -0.395 e. The second-order valence-corrected chi connectivity index (χ2v) is 18.3. The summed E-state index contributed by atoms with van der Waals surface area (Å²) in [6.45, 7) is 32.1. The van der Waals surface area contributed by atoms with E-state index in [1.54, 1.807) is 0 Å². The van der Waals surface area contributed by atoms with Crippen molar-refractivity contribution in [1.82, 2.24) is 25.8 Å². The lowest BCUT2D eigenvalue weighted by Crippen LogP contribution is -2.54. The average Bonchev–Trinajstić information content (AvgIpc) is 3.68. The molecule has 0 aromatic rings. The maximum atomic E-state index is 12.8. The third kappa shape index (κ3) is 34.3. The monoisotopic (exact) mass is 817 g/mol. The summed E-state index contributed by atoms with van der Waals surface area (Å²) in [4.78, 5) is 21.0. The van der Waals surface area contributed by atoms with Crippen molar-refractivity contribution in [3.63, 3.8) is 0 Å². The molecule has 4 aliphatic rings. The van der Waals surface area contributed by atoms with Gasteiger partial charge in [0.25, 0.3) is 0 Å². The zero-order valence-electron chi connectivity index (χ0n) is 36.8. The van der Waals surface area contributed by atoms with Crippen LogP contribution in [0.4, 0.5) is 4.39 Å². The summed E-state index contributed by atoms with van der Waals surface area (Å²) in [7, 11) is -4.27. The first-order valence-electron chi connectivity index (χ1n) is 21.2. The van der Waals surface area contributed by atoms with Crippen LogP contribution in [0.5, 0.6) is 0 Å². The standard InChI is InChI=1S/C8H16.C7H15FN2.C7H18N2O.C7H14.C6H14NO4P.C5H13NO.CH4/c1-7(2)8-5-3-4-6-8;1-5(2)10-3-6(8)7(9)4-10;1-7(2)9-4-3-8-5-6-10;1-6(2)7-4-3-5-7;1-5(2)7-3-6(4-7)11-12(8,9)10;1-5(2)6-3-4-7;/h7-8H,3-6H2,1-2H3;5-7H,3-4,9H2,1-2H3;7-10H,3-6H2,1-2H3;6-7H,3-5H2,1-2H3;5-6H,3-4H2,1-2H3,(H2,8,9,10);5-7H,3-4H2,1-2H3;1H4. The van der Waals surface area contributed by atoms with Crippen molar-refractivity contribution >= 4 is 7.82 Å². The molecule has 55 heavy (non-hydrogen) atoms. The van der Waals surface area contributed by atoms with E-state index in [1.165, 1.54) is 44.9 Å². The number of rotatable bonds is 15. The summed E-state index contributed by atoms with van der Waals surface area (Å²) >= 11 is 0. The Bertz CT molecular complexity index is 875. The van der Waals surface area contributed by atoms with Crippen molar-refractivity contribution in [2.45, 2.75) is 178 Å². The highest BCUT2D eigenvalue weighted by Gasteiger charge is 2.34. The molecule has 336 valence electrons. The smallest absolute Gasteiger partial charge is 0.395 e. The number of hydrogen-bond donors (Lipinski definition) is 8. The van der Waals surface area contributed by atoms with Gasteiger partial charge in [-0.2, -0.15) is 0 Å². The van der Waals surface area contributed by atoms with Gasteiger partial charge in [-0.15, -0.1) is 0 Å². The van der Waals surface area contributed by atoms with E-state index >= 15 is 0 Å². The summed E-state index contributed by atoms with van der Waals surface area (Å²) in [5.74, 6) is 4.04. The lowest BCUT2D eigenvalue weighted by molar-refractivity contribution is -0.0154. The lowest BCUT2D eigenvalue weighted by atomic mass is 9.78. The second kappa shape index (κ2) is 34.6. The molecule has 14 heteroatoms. The van der Waals surface area contributed by atoms with Gasteiger partial charge in [-0.05, 0) is 51.4 Å². The molecule has 2 aliphatic heterocycles. The molecule has 2 saturated heterocycles. The predicted molar refractivity (Wildman–Crippen MR) is 232 cm³/mol. The van der Waals surface area contributed by atoms with Gasteiger partial charge >= 0.3 is 7.82 Å². The van der Waals surface area contributed by atoms with E-state index < -0.39 is 14.0 Å². The number of nitrogens with zero attached hydrogens (tertiary/aromatic N) is 2. The first kappa shape index (κ1) is 59.0. The Morgan fingerprint density at radius 1 is 0.673 bits per heavy atom. The zero-order valence-corrected chi connectivity index (χ0v) is 37.7. The van der Waals surface area contributed by atoms with Gasteiger partial charge in [0, 0.05) is 82.6 Å². The molecule has 12 nitrogen and oxygen atoms in total. The van der Waals surface area contributed by atoms with Crippen LogP contribution in [0.15, 0.2) is 0 Å². The molecule has 0 bridgehead atoms. The SMILES string of the molecule is C.CC(C)C1CCC1.CC(C)C1CCCC1.CC(C)N1CC(N)C(F)C1.CC(C)N1CC(OP(=O)(O)O)C1.CC(C)NCCNCCO.CC(C)NCCO.